The summed E-state index contributed by atoms with van der Waals surface area (Å²) >= 11 is 3.46. The van der Waals surface area contributed by atoms with Gasteiger partial charge < -0.3 is 5.32 Å². The van der Waals surface area contributed by atoms with Gasteiger partial charge in [-0.1, -0.05) is 70.5 Å². The number of carbonyl (C=O) groups excluding carboxylic acids is 1. The average molecular weight is 432 g/mol. The van der Waals surface area contributed by atoms with E-state index in [4.69, 9.17) is 0 Å². The Morgan fingerprint density at radius 1 is 0.964 bits per heavy atom. The van der Waals surface area contributed by atoms with Crippen molar-refractivity contribution in [1.29, 1.82) is 0 Å². The number of amides is 1. The first-order valence-electron chi connectivity index (χ1n) is 8.90. The van der Waals surface area contributed by atoms with E-state index in [0.717, 1.165) is 27.0 Å². The second kappa shape index (κ2) is 7.82. The van der Waals surface area contributed by atoms with Gasteiger partial charge in [0, 0.05) is 21.9 Å². The van der Waals surface area contributed by atoms with Gasteiger partial charge in [-0.15, -0.1) is 0 Å². The lowest BCUT2D eigenvalue weighted by molar-refractivity contribution is -0.114. The van der Waals surface area contributed by atoms with Crippen LogP contribution in [-0.2, 0) is 4.79 Å². The van der Waals surface area contributed by atoms with Crippen molar-refractivity contribution < 1.29 is 4.79 Å². The number of hydrogen-bond donors (Lipinski definition) is 1. The zero-order valence-corrected chi connectivity index (χ0v) is 16.8. The van der Waals surface area contributed by atoms with Gasteiger partial charge in [-0.25, -0.2) is 0 Å². The fourth-order valence-electron chi connectivity index (χ4n) is 3.05. The van der Waals surface area contributed by atoms with Gasteiger partial charge in [-0.2, -0.15) is 10.1 Å². The number of para-hydroxylation sites is 1. The molecule has 1 aliphatic heterocycles. The van der Waals surface area contributed by atoms with E-state index in [2.05, 4.69) is 26.3 Å². The first-order valence-corrected chi connectivity index (χ1v) is 9.69. The first kappa shape index (κ1) is 18.2. The van der Waals surface area contributed by atoms with E-state index in [1.165, 1.54) is 5.01 Å². The average Bonchev–Trinajstić information content (AvgIpc) is 3.04. The summed E-state index contributed by atoms with van der Waals surface area (Å²) in [6.07, 6.45) is 1.73. The highest BCUT2D eigenvalue weighted by molar-refractivity contribution is 9.10. The molecular formula is C23H18BrN3O. The molecule has 3 aromatic rings. The Balaban J connectivity index is 1.75. The minimum atomic E-state index is -0.157. The Kier molecular flexibility index (Phi) is 5.08. The number of aryl methyl sites for hydroxylation is 1. The molecule has 0 atom stereocenters. The molecule has 138 valence electrons. The number of nitrogens with one attached hydrogen (secondary N) is 1. The predicted molar refractivity (Wildman–Crippen MR) is 117 cm³/mol. The van der Waals surface area contributed by atoms with E-state index in [0.29, 0.717) is 11.3 Å². The molecule has 4 rings (SSSR count). The van der Waals surface area contributed by atoms with Crippen molar-refractivity contribution in [2.75, 3.05) is 10.3 Å². The third kappa shape index (κ3) is 3.62. The molecule has 0 spiro atoms. The molecule has 0 saturated heterocycles. The molecular weight excluding hydrogens is 414 g/mol. The van der Waals surface area contributed by atoms with Crippen LogP contribution in [0.25, 0.3) is 0 Å². The van der Waals surface area contributed by atoms with Crippen molar-refractivity contribution in [1.82, 2.24) is 0 Å². The molecule has 1 heterocycles. The minimum absolute atomic E-state index is 0.157. The molecule has 5 heteroatoms. The van der Waals surface area contributed by atoms with Crippen LogP contribution in [0.2, 0.25) is 0 Å². The lowest BCUT2D eigenvalue weighted by Crippen LogP contribution is -2.22. The minimum Gasteiger partial charge on any atom is -0.361 e. The van der Waals surface area contributed by atoms with Crippen LogP contribution in [0, 0.1) is 6.92 Å². The Morgan fingerprint density at radius 2 is 1.71 bits per heavy atom. The maximum absolute atomic E-state index is 13.2. The fraction of sp³-hybridized carbons (Fsp3) is 0.0435. The summed E-state index contributed by atoms with van der Waals surface area (Å²) in [5.74, 6) is -0.157. The number of nitrogens with zero attached hydrogens (tertiary/aromatic N) is 2. The highest BCUT2D eigenvalue weighted by Crippen LogP contribution is 2.29. The standard InChI is InChI=1S/C23H18BrN3O/c1-16-8-5-6-13-21(16)27-23(28)20(15-25-19-12-7-11-18(24)14-19)22(26-27)17-9-3-2-4-10-17/h2-15,25H,1H3. The first-order chi connectivity index (χ1) is 13.6. The second-order valence-corrected chi connectivity index (χ2v) is 7.35. The number of rotatable bonds is 4. The summed E-state index contributed by atoms with van der Waals surface area (Å²) in [7, 11) is 0. The quantitative estimate of drug-likeness (QED) is 0.553. The van der Waals surface area contributed by atoms with Crippen molar-refractivity contribution in [3.8, 4) is 0 Å². The molecule has 0 fully saturated rings. The van der Waals surface area contributed by atoms with Crippen LogP contribution in [0.15, 0.2) is 100 Å². The van der Waals surface area contributed by atoms with Crippen LogP contribution in [0.5, 0.6) is 0 Å². The zero-order valence-electron chi connectivity index (χ0n) is 15.3. The van der Waals surface area contributed by atoms with E-state index in [1.54, 1.807) is 6.20 Å². The van der Waals surface area contributed by atoms with Crippen molar-refractivity contribution >= 4 is 38.9 Å². The molecule has 0 radical (unpaired) electrons. The summed E-state index contributed by atoms with van der Waals surface area (Å²) in [5.41, 5.74) is 4.73. The van der Waals surface area contributed by atoms with Crippen molar-refractivity contribution in [2.24, 2.45) is 5.10 Å². The molecule has 1 amide bonds. The third-order valence-corrected chi connectivity index (χ3v) is 4.97. The van der Waals surface area contributed by atoms with E-state index >= 15 is 0 Å². The van der Waals surface area contributed by atoms with Gasteiger partial charge in [0.05, 0.1) is 11.3 Å². The van der Waals surface area contributed by atoms with Crippen molar-refractivity contribution in [3.05, 3.63) is 106 Å². The molecule has 0 saturated carbocycles. The summed E-state index contributed by atoms with van der Waals surface area (Å²) < 4.78 is 0.965. The highest BCUT2D eigenvalue weighted by atomic mass is 79.9. The summed E-state index contributed by atoms with van der Waals surface area (Å²) in [5, 5.41) is 9.37. The predicted octanol–water partition coefficient (Wildman–Crippen LogP) is 5.50. The smallest absolute Gasteiger partial charge is 0.282 e. The van der Waals surface area contributed by atoms with Crippen LogP contribution in [-0.4, -0.2) is 11.6 Å². The Bertz CT molecular complexity index is 1090. The van der Waals surface area contributed by atoms with Gasteiger partial charge in [0.1, 0.15) is 5.71 Å². The molecule has 1 aliphatic rings. The van der Waals surface area contributed by atoms with Crippen LogP contribution in [0.3, 0.4) is 0 Å². The molecule has 0 aliphatic carbocycles. The summed E-state index contributed by atoms with van der Waals surface area (Å²) in [6.45, 7) is 1.97. The molecule has 0 aromatic heterocycles. The number of hydrogen-bond acceptors (Lipinski definition) is 3. The van der Waals surface area contributed by atoms with Crippen LogP contribution in [0.4, 0.5) is 11.4 Å². The fourth-order valence-corrected chi connectivity index (χ4v) is 3.45. The van der Waals surface area contributed by atoms with Crippen molar-refractivity contribution in [2.45, 2.75) is 6.92 Å². The molecule has 1 N–H and O–H groups in total. The molecule has 3 aromatic carbocycles. The van der Waals surface area contributed by atoms with Crippen LogP contribution >= 0.6 is 15.9 Å². The molecule has 0 bridgehead atoms. The zero-order chi connectivity index (χ0) is 19.5. The van der Waals surface area contributed by atoms with E-state index in [1.807, 2.05) is 85.8 Å². The number of halogens is 1. The number of carbonyl (C=O) groups is 1. The van der Waals surface area contributed by atoms with E-state index in [-0.39, 0.29) is 5.91 Å². The Morgan fingerprint density at radius 3 is 2.46 bits per heavy atom. The van der Waals surface area contributed by atoms with Gasteiger partial charge in [0.25, 0.3) is 5.91 Å². The number of anilines is 2. The van der Waals surface area contributed by atoms with Gasteiger partial charge in [-0.3, -0.25) is 4.79 Å². The SMILES string of the molecule is Cc1ccccc1N1N=C(c2ccccc2)C(=CNc2cccc(Br)c2)C1=O. The number of benzene rings is 3. The van der Waals surface area contributed by atoms with Crippen LogP contribution < -0.4 is 10.3 Å². The Hall–Kier alpha value is -3.18. The lowest BCUT2D eigenvalue weighted by atomic mass is 10.0. The van der Waals surface area contributed by atoms with Gasteiger partial charge in [-0.05, 0) is 36.8 Å². The summed E-state index contributed by atoms with van der Waals surface area (Å²) in [4.78, 5) is 13.2. The monoisotopic (exact) mass is 431 g/mol. The summed E-state index contributed by atoms with van der Waals surface area (Å²) in [6, 6.07) is 25.3. The largest absolute Gasteiger partial charge is 0.361 e. The molecule has 4 nitrogen and oxygen atoms in total. The van der Waals surface area contributed by atoms with Gasteiger partial charge in [0.2, 0.25) is 0 Å². The lowest BCUT2D eigenvalue weighted by Gasteiger charge is -2.14. The van der Waals surface area contributed by atoms with E-state index in [9.17, 15) is 4.79 Å². The molecule has 0 unspecified atom stereocenters. The second-order valence-electron chi connectivity index (χ2n) is 6.43. The third-order valence-electron chi connectivity index (χ3n) is 4.48. The Labute approximate surface area is 172 Å². The normalized spacial score (nSPS) is 15.1. The maximum Gasteiger partial charge on any atom is 0.282 e. The van der Waals surface area contributed by atoms with Gasteiger partial charge >= 0.3 is 0 Å². The number of hydrazone groups is 1. The maximum atomic E-state index is 13.2. The molecule has 28 heavy (non-hydrogen) atoms. The van der Waals surface area contributed by atoms with Crippen molar-refractivity contribution in [3.63, 3.8) is 0 Å². The highest BCUT2D eigenvalue weighted by Gasteiger charge is 2.32. The van der Waals surface area contributed by atoms with Gasteiger partial charge in [0.15, 0.2) is 0 Å². The van der Waals surface area contributed by atoms with Crippen LogP contribution in [0.1, 0.15) is 11.1 Å². The topological polar surface area (TPSA) is 44.7 Å². The van der Waals surface area contributed by atoms with E-state index < -0.39 is 0 Å².